The normalized spacial score (nSPS) is 22.1. The fourth-order valence-corrected chi connectivity index (χ4v) is 1.59. The van der Waals surface area contributed by atoms with E-state index in [4.69, 9.17) is 4.74 Å². The molecule has 0 saturated carbocycles. The third-order valence-electron chi connectivity index (χ3n) is 2.42. The standard InChI is InChI=1S/C11H18O2/c1-3-4-5-6-7-10-8-9(2)11(12)13-10/h10H,2-8H2,1H3/t10-/m1/s1. The van der Waals surface area contributed by atoms with Gasteiger partial charge in [-0.15, -0.1) is 0 Å². The molecule has 1 heterocycles. The summed E-state index contributed by atoms with van der Waals surface area (Å²) in [4.78, 5) is 11.0. The minimum absolute atomic E-state index is 0.122. The second-order valence-corrected chi connectivity index (χ2v) is 3.68. The van der Waals surface area contributed by atoms with Crippen LogP contribution in [0.1, 0.15) is 45.4 Å². The van der Waals surface area contributed by atoms with Crippen molar-refractivity contribution < 1.29 is 9.53 Å². The van der Waals surface area contributed by atoms with Crippen molar-refractivity contribution in [1.82, 2.24) is 0 Å². The topological polar surface area (TPSA) is 26.3 Å². The molecule has 0 spiro atoms. The Hall–Kier alpha value is -0.790. The monoisotopic (exact) mass is 182 g/mol. The number of hydrogen-bond donors (Lipinski definition) is 0. The van der Waals surface area contributed by atoms with Crippen LogP contribution in [0.3, 0.4) is 0 Å². The molecule has 1 aliphatic heterocycles. The lowest BCUT2D eigenvalue weighted by Crippen LogP contribution is -2.05. The van der Waals surface area contributed by atoms with Crippen LogP contribution in [0, 0.1) is 0 Å². The zero-order valence-electron chi connectivity index (χ0n) is 8.34. The summed E-state index contributed by atoms with van der Waals surface area (Å²) in [6, 6.07) is 0. The Morgan fingerprint density at radius 2 is 2.23 bits per heavy atom. The lowest BCUT2D eigenvalue weighted by atomic mass is 10.1. The van der Waals surface area contributed by atoms with E-state index in [1.807, 2.05) is 0 Å². The molecule has 1 rings (SSSR count). The maximum absolute atomic E-state index is 11.0. The van der Waals surface area contributed by atoms with Crippen LogP contribution < -0.4 is 0 Å². The predicted molar refractivity (Wildman–Crippen MR) is 52.4 cm³/mol. The molecule has 1 saturated heterocycles. The highest BCUT2D eigenvalue weighted by atomic mass is 16.5. The first-order chi connectivity index (χ1) is 6.24. The van der Waals surface area contributed by atoms with Crippen LogP contribution in [0.5, 0.6) is 0 Å². The summed E-state index contributed by atoms with van der Waals surface area (Å²) in [5.41, 5.74) is 0.639. The molecule has 2 nitrogen and oxygen atoms in total. The van der Waals surface area contributed by atoms with Gasteiger partial charge in [-0.1, -0.05) is 32.8 Å². The molecule has 0 radical (unpaired) electrons. The van der Waals surface area contributed by atoms with Gasteiger partial charge < -0.3 is 4.74 Å². The van der Waals surface area contributed by atoms with Crippen LogP contribution in [0.15, 0.2) is 12.2 Å². The number of esters is 1. The van der Waals surface area contributed by atoms with Gasteiger partial charge in [-0.05, 0) is 12.8 Å². The van der Waals surface area contributed by atoms with Gasteiger partial charge in [0.05, 0.1) is 0 Å². The molecule has 13 heavy (non-hydrogen) atoms. The smallest absolute Gasteiger partial charge is 0.333 e. The van der Waals surface area contributed by atoms with Gasteiger partial charge in [-0.25, -0.2) is 4.79 Å². The van der Waals surface area contributed by atoms with E-state index in [1.54, 1.807) is 0 Å². The number of carbonyl (C=O) groups excluding carboxylic acids is 1. The Balaban J connectivity index is 2.10. The molecule has 0 unspecified atom stereocenters. The summed E-state index contributed by atoms with van der Waals surface area (Å²) < 4.78 is 5.12. The zero-order valence-corrected chi connectivity index (χ0v) is 8.34. The Morgan fingerprint density at radius 1 is 1.46 bits per heavy atom. The first kappa shape index (κ1) is 10.3. The average Bonchev–Trinajstić information content (AvgIpc) is 2.41. The number of rotatable bonds is 5. The van der Waals surface area contributed by atoms with E-state index in [-0.39, 0.29) is 12.1 Å². The molecular weight excluding hydrogens is 164 g/mol. The number of ether oxygens (including phenoxy) is 1. The zero-order chi connectivity index (χ0) is 9.68. The van der Waals surface area contributed by atoms with Crippen LogP contribution in [0.25, 0.3) is 0 Å². The Kier molecular flexibility index (Phi) is 4.00. The average molecular weight is 182 g/mol. The highest BCUT2D eigenvalue weighted by Gasteiger charge is 2.26. The van der Waals surface area contributed by atoms with Crippen molar-refractivity contribution in [2.75, 3.05) is 0 Å². The quantitative estimate of drug-likeness (QED) is 0.371. The summed E-state index contributed by atoms with van der Waals surface area (Å²) in [5, 5.41) is 0. The lowest BCUT2D eigenvalue weighted by molar-refractivity contribution is -0.139. The third kappa shape index (κ3) is 3.21. The van der Waals surface area contributed by atoms with Gasteiger partial charge in [0.15, 0.2) is 0 Å². The third-order valence-corrected chi connectivity index (χ3v) is 2.42. The molecule has 0 aromatic heterocycles. The lowest BCUT2D eigenvalue weighted by Gasteiger charge is -2.07. The van der Waals surface area contributed by atoms with Crippen LogP contribution in [0.2, 0.25) is 0 Å². The molecule has 0 aliphatic carbocycles. The minimum atomic E-state index is -0.194. The number of cyclic esters (lactones) is 1. The van der Waals surface area contributed by atoms with Gasteiger partial charge in [0.1, 0.15) is 6.10 Å². The summed E-state index contributed by atoms with van der Waals surface area (Å²) >= 11 is 0. The van der Waals surface area contributed by atoms with Gasteiger partial charge in [0, 0.05) is 12.0 Å². The van der Waals surface area contributed by atoms with E-state index in [0.29, 0.717) is 5.57 Å². The van der Waals surface area contributed by atoms with Crippen molar-refractivity contribution in [2.24, 2.45) is 0 Å². The highest BCUT2D eigenvalue weighted by molar-refractivity contribution is 5.89. The van der Waals surface area contributed by atoms with E-state index in [9.17, 15) is 4.79 Å². The van der Waals surface area contributed by atoms with Crippen molar-refractivity contribution in [3.63, 3.8) is 0 Å². The van der Waals surface area contributed by atoms with Crippen LogP contribution >= 0.6 is 0 Å². The minimum Gasteiger partial charge on any atom is -0.459 e. The summed E-state index contributed by atoms with van der Waals surface area (Å²) in [7, 11) is 0. The SMILES string of the molecule is C=C1C[C@@H](CCCCCC)OC1=O. The molecule has 74 valence electrons. The fraction of sp³-hybridized carbons (Fsp3) is 0.727. The van der Waals surface area contributed by atoms with E-state index < -0.39 is 0 Å². The van der Waals surface area contributed by atoms with E-state index in [2.05, 4.69) is 13.5 Å². The molecule has 0 aromatic carbocycles. The van der Waals surface area contributed by atoms with E-state index >= 15 is 0 Å². The predicted octanol–water partition coefficient (Wildman–Crippen LogP) is 2.83. The first-order valence-corrected chi connectivity index (χ1v) is 5.12. The van der Waals surface area contributed by atoms with Crippen molar-refractivity contribution in [3.05, 3.63) is 12.2 Å². The van der Waals surface area contributed by atoms with Crippen molar-refractivity contribution >= 4 is 5.97 Å². The molecule has 0 bridgehead atoms. The van der Waals surface area contributed by atoms with Crippen molar-refractivity contribution in [1.29, 1.82) is 0 Å². The van der Waals surface area contributed by atoms with Crippen LogP contribution in [-0.2, 0) is 9.53 Å². The number of unbranched alkanes of at least 4 members (excludes halogenated alkanes) is 3. The number of carbonyl (C=O) groups is 1. The van der Waals surface area contributed by atoms with Crippen molar-refractivity contribution in [2.45, 2.75) is 51.6 Å². The fourth-order valence-electron chi connectivity index (χ4n) is 1.59. The second kappa shape index (κ2) is 5.05. The largest absolute Gasteiger partial charge is 0.459 e. The van der Waals surface area contributed by atoms with Gasteiger partial charge in [0.25, 0.3) is 0 Å². The Bertz CT molecular complexity index is 180. The van der Waals surface area contributed by atoms with Gasteiger partial charge in [-0.3, -0.25) is 0 Å². The van der Waals surface area contributed by atoms with Crippen LogP contribution in [0.4, 0.5) is 0 Å². The van der Waals surface area contributed by atoms with Crippen molar-refractivity contribution in [3.8, 4) is 0 Å². The number of hydrogen-bond acceptors (Lipinski definition) is 2. The van der Waals surface area contributed by atoms with Crippen LogP contribution in [-0.4, -0.2) is 12.1 Å². The first-order valence-electron chi connectivity index (χ1n) is 5.12. The van der Waals surface area contributed by atoms with Gasteiger partial charge in [0.2, 0.25) is 0 Å². The van der Waals surface area contributed by atoms with Gasteiger partial charge >= 0.3 is 5.97 Å². The second-order valence-electron chi connectivity index (χ2n) is 3.68. The Labute approximate surface area is 80.0 Å². The Morgan fingerprint density at radius 3 is 2.77 bits per heavy atom. The summed E-state index contributed by atoms with van der Waals surface area (Å²) in [6.07, 6.45) is 6.81. The van der Waals surface area contributed by atoms with E-state index in [1.165, 1.54) is 25.7 Å². The van der Waals surface area contributed by atoms with E-state index in [0.717, 1.165) is 12.8 Å². The molecule has 1 fully saturated rings. The summed E-state index contributed by atoms with van der Waals surface area (Å²) in [6.45, 7) is 5.85. The maximum Gasteiger partial charge on any atom is 0.333 e. The molecule has 0 N–H and O–H groups in total. The molecule has 2 heteroatoms. The maximum atomic E-state index is 11.0. The van der Waals surface area contributed by atoms with Gasteiger partial charge in [-0.2, -0.15) is 0 Å². The highest BCUT2D eigenvalue weighted by Crippen LogP contribution is 2.22. The molecular formula is C11H18O2. The summed E-state index contributed by atoms with van der Waals surface area (Å²) in [5.74, 6) is -0.194. The molecule has 1 aliphatic rings. The molecule has 0 amide bonds. The molecule has 1 atom stereocenters. The molecule has 0 aromatic rings.